The Hall–Kier alpha value is -2.45. The third-order valence-corrected chi connectivity index (χ3v) is 6.30. The molecule has 1 saturated carbocycles. The van der Waals surface area contributed by atoms with Crippen LogP contribution in [0.1, 0.15) is 41.6 Å². The molecule has 150 valence electrons. The maximum absolute atomic E-state index is 13.0. The zero-order valence-electron chi connectivity index (χ0n) is 15.6. The minimum Gasteiger partial charge on any atom is -0.495 e. The Kier molecular flexibility index (Phi) is 6.31. The summed E-state index contributed by atoms with van der Waals surface area (Å²) >= 11 is 0. The third-order valence-electron chi connectivity index (χ3n) is 4.76. The number of amides is 1. The molecule has 0 spiro atoms. The van der Waals surface area contributed by atoms with Crippen LogP contribution in [0.2, 0.25) is 0 Å². The van der Waals surface area contributed by atoms with Gasteiger partial charge in [0.15, 0.2) is 0 Å². The number of rotatable bonds is 7. The largest absolute Gasteiger partial charge is 0.495 e. The normalized spacial score (nSPS) is 14.8. The minimum absolute atomic E-state index is 0.0590. The van der Waals surface area contributed by atoms with Gasteiger partial charge in [-0.1, -0.05) is 25.0 Å². The molecule has 8 heteroatoms. The second kappa shape index (κ2) is 8.70. The van der Waals surface area contributed by atoms with E-state index in [-0.39, 0.29) is 34.6 Å². The fraction of sp³-hybridized carbons (Fsp3) is 0.350. The molecule has 2 aromatic carbocycles. The Bertz CT molecular complexity index is 939. The molecular formula is C20H23FN2O4S. The molecule has 0 saturated heterocycles. The van der Waals surface area contributed by atoms with Gasteiger partial charge in [-0.05, 0) is 48.7 Å². The van der Waals surface area contributed by atoms with Crippen molar-refractivity contribution in [3.63, 3.8) is 0 Å². The highest BCUT2D eigenvalue weighted by Crippen LogP contribution is 2.27. The Morgan fingerprint density at radius 3 is 2.46 bits per heavy atom. The highest BCUT2D eigenvalue weighted by molar-refractivity contribution is 7.89. The molecule has 0 unspecified atom stereocenters. The van der Waals surface area contributed by atoms with Crippen molar-refractivity contribution in [3.05, 3.63) is 59.4 Å². The van der Waals surface area contributed by atoms with Crippen LogP contribution in [0.5, 0.6) is 5.75 Å². The molecule has 2 N–H and O–H groups in total. The van der Waals surface area contributed by atoms with Crippen LogP contribution in [-0.2, 0) is 16.6 Å². The first-order chi connectivity index (χ1) is 13.4. The van der Waals surface area contributed by atoms with Crippen molar-refractivity contribution in [1.29, 1.82) is 0 Å². The van der Waals surface area contributed by atoms with E-state index >= 15 is 0 Å². The van der Waals surface area contributed by atoms with E-state index in [9.17, 15) is 17.6 Å². The zero-order valence-corrected chi connectivity index (χ0v) is 16.4. The lowest BCUT2D eigenvalue weighted by Crippen LogP contribution is -2.33. The van der Waals surface area contributed by atoms with Gasteiger partial charge >= 0.3 is 0 Å². The molecule has 0 aromatic heterocycles. The summed E-state index contributed by atoms with van der Waals surface area (Å²) in [5, 5.41) is 2.71. The predicted octanol–water partition coefficient (Wildman–Crippen LogP) is 2.99. The molecule has 2 aromatic rings. The van der Waals surface area contributed by atoms with E-state index < -0.39 is 15.9 Å². The van der Waals surface area contributed by atoms with Gasteiger partial charge in [-0.15, -0.1) is 0 Å². The maximum Gasteiger partial charge on any atom is 0.251 e. The van der Waals surface area contributed by atoms with Crippen LogP contribution in [0.15, 0.2) is 47.4 Å². The molecule has 0 bridgehead atoms. The monoisotopic (exact) mass is 406 g/mol. The van der Waals surface area contributed by atoms with Gasteiger partial charge in [0.2, 0.25) is 10.0 Å². The average Bonchev–Trinajstić information content (AvgIpc) is 3.19. The molecule has 1 aliphatic rings. The van der Waals surface area contributed by atoms with Gasteiger partial charge in [-0.3, -0.25) is 4.79 Å². The number of nitrogens with one attached hydrogen (secondary N) is 2. The summed E-state index contributed by atoms with van der Waals surface area (Å²) in [4.78, 5) is 12.4. The number of halogens is 1. The van der Waals surface area contributed by atoms with E-state index in [1.807, 2.05) is 0 Å². The highest BCUT2D eigenvalue weighted by atomic mass is 32.2. The second-order valence-corrected chi connectivity index (χ2v) is 8.46. The van der Waals surface area contributed by atoms with Crippen LogP contribution in [0, 0.1) is 5.82 Å². The van der Waals surface area contributed by atoms with Gasteiger partial charge in [-0.25, -0.2) is 17.5 Å². The number of ether oxygens (including phenoxy) is 1. The van der Waals surface area contributed by atoms with Crippen LogP contribution in [-0.4, -0.2) is 27.5 Å². The van der Waals surface area contributed by atoms with Crippen molar-refractivity contribution >= 4 is 15.9 Å². The molecule has 0 atom stereocenters. The zero-order chi connectivity index (χ0) is 20.1. The van der Waals surface area contributed by atoms with Crippen LogP contribution in [0.4, 0.5) is 4.39 Å². The molecule has 6 nitrogen and oxygen atoms in total. The van der Waals surface area contributed by atoms with Gasteiger partial charge < -0.3 is 10.1 Å². The summed E-state index contributed by atoms with van der Waals surface area (Å²) < 4.78 is 46.4. The summed E-state index contributed by atoms with van der Waals surface area (Å²) in [6, 6.07) is 9.98. The first kappa shape index (κ1) is 20.3. The lowest BCUT2D eigenvalue weighted by Gasteiger charge is -2.16. The van der Waals surface area contributed by atoms with E-state index in [2.05, 4.69) is 10.0 Å². The smallest absolute Gasteiger partial charge is 0.251 e. The van der Waals surface area contributed by atoms with Crippen molar-refractivity contribution in [3.8, 4) is 5.75 Å². The Balaban J connectivity index is 1.77. The van der Waals surface area contributed by atoms with Crippen molar-refractivity contribution in [2.45, 2.75) is 43.2 Å². The van der Waals surface area contributed by atoms with Crippen molar-refractivity contribution in [1.82, 2.24) is 10.0 Å². The van der Waals surface area contributed by atoms with E-state index in [0.29, 0.717) is 0 Å². The molecule has 1 fully saturated rings. The number of hydrogen-bond acceptors (Lipinski definition) is 4. The molecule has 0 heterocycles. The predicted molar refractivity (Wildman–Crippen MR) is 103 cm³/mol. The van der Waals surface area contributed by atoms with E-state index in [1.165, 1.54) is 37.4 Å². The lowest BCUT2D eigenvalue weighted by atomic mass is 10.2. The number of benzene rings is 2. The first-order valence-electron chi connectivity index (χ1n) is 9.12. The number of hydrogen-bond donors (Lipinski definition) is 2. The topological polar surface area (TPSA) is 84.5 Å². The summed E-state index contributed by atoms with van der Waals surface area (Å²) in [6.07, 6.45) is 3.60. The quantitative estimate of drug-likeness (QED) is 0.740. The van der Waals surface area contributed by atoms with Gasteiger partial charge in [0, 0.05) is 18.2 Å². The number of carbonyl (C=O) groups is 1. The minimum atomic E-state index is -3.81. The summed E-state index contributed by atoms with van der Waals surface area (Å²) in [6.45, 7) is 0.202. The molecule has 0 radical (unpaired) electrons. The third kappa shape index (κ3) is 4.88. The van der Waals surface area contributed by atoms with Gasteiger partial charge in [0.1, 0.15) is 16.5 Å². The molecule has 1 aliphatic carbocycles. The summed E-state index contributed by atoms with van der Waals surface area (Å²) in [5.74, 6) is -0.597. The number of carbonyl (C=O) groups excluding carboxylic acids is 1. The van der Waals surface area contributed by atoms with Crippen molar-refractivity contribution < 1.29 is 22.3 Å². The second-order valence-electron chi connectivity index (χ2n) is 6.78. The fourth-order valence-corrected chi connectivity index (χ4v) is 4.74. The maximum atomic E-state index is 13.0. The van der Waals surface area contributed by atoms with Crippen LogP contribution >= 0.6 is 0 Å². The number of sulfonamides is 1. The van der Waals surface area contributed by atoms with Crippen LogP contribution in [0.3, 0.4) is 0 Å². The average molecular weight is 406 g/mol. The van der Waals surface area contributed by atoms with E-state index in [1.54, 1.807) is 12.1 Å². The van der Waals surface area contributed by atoms with Crippen LogP contribution < -0.4 is 14.8 Å². The lowest BCUT2D eigenvalue weighted by molar-refractivity contribution is 0.0950. The summed E-state index contributed by atoms with van der Waals surface area (Å²) in [7, 11) is -2.42. The molecule has 3 rings (SSSR count). The molecule has 28 heavy (non-hydrogen) atoms. The van der Waals surface area contributed by atoms with Crippen molar-refractivity contribution in [2.75, 3.05) is 7.11 Å². The van der Waals surface area contributed by atoms with Gasteiger partial charge in [0.25, 0.3) is 5.91 Å². The Morgan fingerprint density at radius 1 is 1.14 bits per heavy atom. The van der Waals surface area contributed by atoms with E-state index in [0.717, 1.165) is 31.2 Å². The first-order valence-corrected chi connectivity index (χ1v) is 10.6. The van der Waals surface area contributed by atoms with Gasteiger partial charge in [-0.2, -0.15) is 0 Å². The number of methoxy groups -OCH3 is 1. The van der Waals surface area contributed by atoms with Crippen molar-refractivity contribution in [2.24, 2.45) is 0 Å². The van der Waals surface area contributed by atoms with Gasteiger partial charge in [0.05, 0.1) is 7.11 Å². The standard InChI is InChI=1S/C20H23FN2O4S/c1-27-18-11-8-15(20(24)22-13-14-6-9-16(21)10-7-14)12-19(18)28(25,26)23-17-4-2-3-5-17/h6-12,17,23H,2-5,13H2,1H3,(H,22,24). The molecule has 0 aliphatic heterocycles. The Labute approximate surface area is 164 Å². The molecular weight excluding hydrogens is 383 g/mol. The van der Waals surface area contributed by atoms with Crippen LogP contribution in [0.25, 0.3) is 0 Å². The van der Waals surface area contributed by atoms with E-state index in [4.69, 9.17) is 4.74 Å². The SMILES string of the molecule is COc1ccc(C(=O)NCc2ccc(F)cc2)cc1S(=O)(=O)NC1CCCC1. The summed E-state index contributed by atoms with van der Waals surface area (Å²) in [5.41, 5.74) is 0.939. The Morgan fingerprint density at radius 2 is 1.82 bits per heavy atom. The fourth-order valence-electron chi connectivity index (χ4n) is 3.24. The molecule has 1 amide bonds. The highest BCUT2D eigenvalue weighted by Gasteiger charge is 2.26.